The third-order valence-electron chi connectivity index (χ3n) is 4.04. The van der Waals surface area contributed by atoms with Gasteiger partial charge >= 0.3 is 12.0 Å². The molecule has 10 heteroatoms. The largest absolute Gasteiger partial charge is 0.481 e. The average molecular weight is 429 g/mol. The van der Waals surface area contributed by atoms with Crippen molar-refractivity contribution in [2.24, 2.45) is 0 Å². The van der Waals surface area contributed by atoms with Crippen molar-refractivity contribution in [3.8, 4) is 17.5 Å². The summed E-state index contributed by atoms with van der Waals surface area (Å²) in [4.78, 5) is 18.7. The molecule has 3 aromatic rings. The molecule has 156 valence electrons. The standard InChI is InChI=1S/C20H19N3O6S/c1-13-4-9-17(14(2)19(13)28-12-18(24)25)30(26,27)23-15-5-7-16(8-6-15)29-20-21-10-3-11-22-20/h3-11,23H,12H2,1-2H3,(H,24,25). The third kappa shape index (κ3) is 5.03. The Morgan fingerprint density at radius 2 is 1.73 bits per heavy atom. The molecule has 0 unspecified atom stereocenters. The molecule has 2 aromatic carbocycles. The van der Waals surface area contributed by atoms with Crippen LogP contribution in [0.5, 0.6) is 17.5 Å². The van der Waals surface area contributed by atoms with Gasteiger partial charge in [0.25, 0.3) is 10.0 Å². The first-order valence-electron chi connectivity index (χ1n) is 8.79. The molecule has 0 atom stereocenters. The lowest BCUT2D eigenvalue weighted by molar-refractivity contribution is -0.139. The van der Waals surface area contributed by atoms with Gasteiger partial charge in [-0.2, -0.15) is 0 Å². The number of benzene rings is 2. The molecule has 0 saturated heterocycles. The van der Waals surface area contributed by atoms with Crippen LogP contribution in [0.4, 0.5) is 5.69 Å². The number of hydrogen-bond donors (Lipinski definition) is 2. The maximum Gasteiger partial charge on any atom is 0.341 e. The van der Waals surface area contributed by atoms with Gasteiger partial charge in [-0.15, -0.1) is 0 Å². The second-order valence-corrected chi connectivity index (χ2v) is 7.93. The Bertz CT molecular complexity index is 1150. The second kappa shape index (κ2) is 8.78. The lowest BCUT2D eigenvalue weighted by atomic mass is 10.1. The number of sulfonamides is 1. The van der Waals surface area contributed by atoms with Crippen LogP contribution in [0.3, 0.4) is 0 Å². The van der Waals surface area contributed by atoms with Crippen LogP contribution in [0.1, 0.15) is 11.1 Å². The van der Waals surface area contributed by atoms with E-state index in [9.17, 15) is 13.2 Å². The first-order chi connectivity index (χ1) is 14.3. The summed E-state index contributed by atoms with van der Waals surface area (Å²) in [5.74, 6) is -0.477. The van der Waals surface area contributed by atoms with E-state index < -0.39 is 22.6 Å². The molecule has 0 bridgehead atoms. The Morgan fingerprint density at radius 3 is 2.37 bits per heavy atom. The van der Waals surface area contributed by atoms with Crippen molar-refractivity contribution in [1.82, 2.24) is 9.97 Å². The van der Waals surface area contributed by atoms with Crippen LogP contribution in [0, 0.1) is 13.8 Å². The van der Waals surface area contributed by atoms with Crippen molar-refractivity contribution in [3.05, 3.63) is 66.0 Å². The van der Waals surface area contributed by atoms with E-state index in [0.717, 1.165) is 0 Å². The lowest BCUT2D eigenvalue weighted by Crippen LogP contribution is -2.16. The number of aliphatic carboxylic acids is 1. The molecule has 0 aliphatic carbocycles. The summed E-state index contributed by atoms with van der Waals surface area (Å²) in [6.45, 7) is 2.71. The molecule has 0 spiro atoms. The van der Waals surface area contributed by atoms with Crippen LogP contribution in [-0.2, 0) is 14.8 Å². The summed E-state index contributed by atoms with van der Waals surface area (Å²) in [7, 11) is -3.94. The highest BCUT2D eigenvalue weighted by molar-refractivity contribution is 7.92. The number of anilines is 1. The Kier molecular flexibility index (Phi) is 6.17. The highest BCUT2D eigenvalue weighted by Crippen LogP contribution is 2.30. The summed E-state index contributed by atoms with van der Waals surface area (Å²) >= 11 is 0. The zero-order chi connectivity index (χ0) is 21.7. The number of carbonyl (C=O) groups is 1. The average Bonchev–Trinajstić information content (AvgIpc) is 2.69. The van der Waals surface area contributed by atoms with E-state index in [1.54, 1.807) is 62.6 Å². The van der Waals surface area contributed by atoms with E-state index in [1.165, 1.54) is 6.07 Å². The van der Waals surface area contributed by atoms with Gasteiger partial charge in [0.05, 0.1) is 4.90 Å². The maximum atomic E-state index is 12.9. The van der Waals surface area contributed by atoms with Gasteiger partial charge in [-0.3, -0.25) is 4.72 Å². The number of carboxylic acid groups (broad SMARTS) is 1. The molecule has 9 nitrogen and oxygen atoms in total. The molecule has 1 aromatic heterocycles. The van der Waals surface area contributed by atoms with E-state index in [2.05, 4.69) is 14.7 Å². The highest BCUT2D eigenvalue weighted by atomic mass is 32.2. The minimum atomic E-state index is -3.94. The molecular formula is C20H19N3O6S. The Balaban J connectivity index is 1.79. The number of nitrogens with one attached hydrogen (secondary N) is 1. The Hall–Kier alpha value is -3.66. The molecule has 0 aliphatic heterocycles. The second-order valence-electron chi connectivity index (χ2n) is 6.28. The van der Waals surface area contributed by atoms with Gasteiger partial charge in [-0.05, 0) is 55.8 Å². The van der Waals surface area contributed by atoms with Gasteiger partial charge in [0, 0.05) is 23.6 Å². The number of aromatic nitrogens is 2. The van der Waals surface area contributed by atoms with Crippen LogP contribution in [-0.4, -0.2) is 36.1 Å². The fraction of sp³-hybridized carbons (Fsp3) is 0.150. The van der Waals surface area contributed by atoms with Gasteiger partial charge in [0.15, 0.2) is 6.61 Å². The summed E-state index contributed by atoms with van der Waals surface area (Å²) in [6, 6.07) is 11.1. The topological polar surface area (TPSA) is 128 Å². The van der Waals surface area contributed by atoms with E-state index >= 15 is 0 Å². The predicted molar refractivity (Wildman–Crippen MR) is 108 cm³/mol. The van der Waals surface area contributed by atoms with E-state index in [-0.39, 0.29) is 16.7 Å². The molecule has 0 aliphatic rings. The molecular weight excluding hydrogens is 410 g/mol. The zero-order valence-electron chi connectivity index (χ0n) is 16.2. The summed E-state index contributed by atoms with van der Waals surface area (Å²) in [5.41, 5.74) is 1.28. The smallest absolute Gasteiger partial charge is 0.341 e. The zero-order valence-corrected chi connectivity index (χ0v) is 17.0. The quantitative estimate of drug-likeness (QED) is 0.559. The van der Waals surface area contributed by atoms with Crippen molar-refractivity contribution in [1.29, 1.82) is 0 Å². The van der Waals surface area contributed by atoms with Crippen molar-refractivity contribution in [2.75, 3.05) is 11.3 Å². The Morgan fingerprint density at radius 1 is 1.07 bits per heavy atom. The number of rotatable bonds is 8. The van der Waals surface area contributed by atoms with E-state index in [4.69, 9.17) is 14.6 Å². The fourth-order valence-corrected chi connectivity index (χ4v) is 4.00. The fourth-order valence-electron chi connectivity index (χ4n) is 2.70. The molecule has 30 heavy (non-hydrogen) atoms. The van der Waals surface area contributed by atoms with Crippen molar-refractivity contribution >= 4 is 21.7 Å². The number of ether oxygens (including phenoxy) is 2. The van der Waals surface area contributed by atoms with Gasteiger partial charge < -0.3 is 14.6 Å². The van der Waals surface area contributed by atoms with Gasteiger partial charge in [-0.1, -0.05) is 6.07 Å². The number of aryl methyl sites for hydroxylation is 1. The van der Waals surface area contributed by atoms with Crippen molar-refractivity contribution < 1.29 is 27.8 Å². The monoisotopic (exact) mass is 429 g/mol. The molecule has 3 rings (SSSR count). The lowest BCUT2D eigenvalue weighted by Gasteiger charge is -2.16. The van der Waals surface area contributed by atoms with Crippen molar-refractivity contribution in [2.45, 2.75) is 18.7 Å². The molecule has 0 radical (unpaired) electrons. The summed E-state index contributed by atoms with van der Waals surface area (Å²) in [6.07, 6.45) is 3.09. The van der Waals surface area contributed by atoms with Gasteiger partial charge in [0.2, 0.25) is 0 Å². The summed E-state index contributed by atoms with van der Waals surface area (Å²) in [5, 5.41) is 8.82. The predicted octanol–water partition coefficient (Wildman–Crippen LogP) is 3.15. The minimum Gasteiger partial charge on any atom is -0.481 e. The normalized spacial score (nSPS) is 11.0. The van der Waals surface area contributed by atoms with Crippen LogP contribution < -0.4 is 14.2 Å². The van der Waals surface area contributed by atoms with Crippen LogP contribution in [0.25, 0.3) is 0 Å². The van der Waals surface area contributed by atoms with Gasteiger partial charge in [0.1, 0.15) is 11.5 Å². The molecule has 0 fully saturated rings. The van der Waals surface area contributed by atoms with Crippen molar-refractivity contribution in [3.63, 3.8) is 0 Å². The number of hydrogen-bond acceptors (Lipinski definition) is 7. The van der Waals surface area contributed by atoms with E-state index in [1.807, 2.05) is 0 Å². The minimum absolute atomic E-state index is 0.00787. The van der Waals surface area contributed by atoms with Gasteiger partial charge in [-0.25, -0.2) is 23.2 Å². The van der Waals surface area contributed by atoms with Crippen LogP contribution in [0.2, 0.25) is 0 Å². The van der Waals surface area contributed by atoms with Crippen LogP contribution >= 0.6 is 0 Å². The maximum absolute atomic E-state index is 12.9. The molecule has 2 N–H and O–H groups in total. The SMILES string of the molecule is Cc1ccc(S(=O)(=O)Nc2ccc(Oc3ncccn3)cc2)c(C)c1OCC(=O)O. The number of nitrogens with zero attached hydrogens (tertiary/aromatic N) is 2. The third-order valence-corrected chi connectivity index (χ3v) is 5.57. The van der Waals surface area contributed by atoms with E-state index in [0.29, 0.717) is 22.6 Å². The molecule has 1 heterocycles. The summed E-state index contributed by atoms with van der Waals surface area (Å²) < 4.78 is 39.0. The number of carboxylic acids is 1. The first kappa shape index (κ1) is 21.1. The molecule has 0 amide bonds. The van der Waals surface area contributed by atoms with Crippen LogP contribution in [0.15, 0.2) is 59.8 Å². The Labute approximate surface area is 173 Å². The first-order valence-corrected chi connectivity index (χ1v) is 10.3. The highest BCUT2D eigenvalue weighted by Gasteiger charge is 2.21. The molecule has 0 saturated carbocycles.